The van der Waals surface area contributed by atoms with Gasteiger partial charge in [0.1, 0.15) is 0 Å². The van der Waals surface area contributed by atoms with Gasteiger partial charge in [-0.15, -0.1) is 0 Å². The molecular weight excluding hydrogens is 264 g/mol. The molecule has 1 aromatic heterocycles. The Morgan fingerprint density at radius 1 is 1.35 bits per heavy atom. The predicted molar refractivity (Wildman–Crippen MR) is 71.2 cm³/mol. The van der Waals surface area contributed by atoms with Crippen LogP contribution in [0.1, 0.15) is 29.9 Å². The number of H-pyrrole nitrogens is 1. The molecule has 20 heavy (non-hydrogen) atoms. The third-order valence-electron chi connectivity index (χ3n) is 2.86. The Labute approximate surface area is 116 Å². The standard InChI is InChI=1S/C12H20N4O4/c13-4-1-3-12(11(18)19,20-8-2-5-14)9(17)10-15-6-7-16-10/h6-7H,1-5,8,13-14H2,(H,15,16)(H,18,19). The lowest BCUT2D eigenvalue weighted by atomic mass is 9.91. The highest BCUT2D eigenvalue weighted by molar-refractivity contribution is 6.13. The molecule has 1 atom stereocenters. The summed E-state index contributed by atoms with van der Waals surface area (Å²) < 4.78 is 5.37. The number of hydrogen-bond acceptors (Lipinski definition) is 6. The zero-order valence-electron chi connectivity index (χ0n) is 11.2. The van der Waals surface area contributed by atoms with E-state index in [2.05, 4.69) is 9.97 Å². The number of imidazole rings is 1. The van der Waals surface area contributed by atoms with Gasteiger partial charge in [-0.2, -0.15) is 0 Å². The monoisotopic (exact) mass is 284 g/mol. The molecule has 0 aliphatic rings. The summed E-state index contributed by atoms with van der Waals surface area (Å²) in [5, 5.41) is 9.46. The number of Topliss-reactive ketones (excluding diaryl/α,β-unsaturated/α-hetero) is 1. The van der Waals surface area contributed by atoms with Gasteiger partial charge in [-0.3, -0.25) is 4.79 Å². The van der Waals surface area contributed by atoms with E-state index in [9.17, 15) is 14.7 Å². The predicted octanol–water partition coefficient (Wildman–Crippen LogP) is -0.480. The Balaban J connectivity index is 3.01. The van der Waals surface area contributed by atoms with E-state index in [1.807, 2.05) is 0 Å². The van der Waals surface area contributed by atoms with Crippen LogP contribution in [0, 0.1) is 0 Å². The highest BCUT2D eigenvalue weighted by atomic mass is 16.5. The van der Waals surface area contributed by atoms with Gasteiger partial charge in [0, 0.05) is 19.0 Å². The van der Waals surface area contributed by atoms with Gasteiger partial charge in [0.05, 0.1) is 0 Å². The van der Waals surface area contributed by atoms with Gasteiger partial charge >= 0.3 is 5.97 Å². The second kappa shape index (κ2) is 7.73. The summed E-state index contributed by atoms with van der Waals surface area (Å²) in [7, 11) is 0. The maximum Gasteiger partial charge on any atom is 0.344 e. The minimum atomic E-state index is -1.97. The molecule has 0 spiro atoms. The zero-order valence-corrected chi connectivity index (χ0v) is 11.2. The first-order valence-corrected chi connectivity index (χ1v) is 6.40. The van der Waals surface area contributed by atoms with Gasteiger partial charge in [-0.25, -0.2) is 9.78 Å². The molecule has 0 bridgehead atoms. The van der Waals surface area contributed by atoms with Crippen LogP contribution in [0.25, 0.3) is 0 Å². The molecule has 0 saturated carbocycles. The molecule has 1 aromatic rings. The van der Waals surface area contributed by atoms with Crippen LogP contribution < -0.4 is 11.5 Å². The van der Waals surface area contributed by atoms with Gasteiger partial charge in [0.2, 0.25) is 11.4 Å². The van der Waals surface area contributed by atoms with E-state index in [-0.39, 0.29) is 25.4 Å². The maximum absolute atomic E-state index is 12.4. The van der Waals surface area contributed by atoms with E-state index in [1.54, 1.807) is 0 Å². The summed E-state index contributed by atoms with van der Waals surface area (Å²) in [6.07, 6.45) is 3.62. The number of carboxylic acid groups (broad SMARTS) is 1. The third-order valence-corrected chi connectivity index (χ3v) is 2.86. The van der Waals surface area contributed by atoms with Gasteiger partial charge in [0.15, 0.2) is 5.82 Å². The first-order valence-electron chi connectivity index (χ1n) is 6.40. The smallest absolute Gasteiger partial charge is 0.344 e. The van der Waals surface area contributed by atoms with Gasteiger partial charge in [-0.05, 0) is 32.4 Å². The Bertz CT molecular complexity index is 435. The number of hydrogen-bond donors (Lipinski definition) is 4. The molecule has 0 radical (unpaired) electrons. The molecular formula is C12H20N4O4. The summed E-state index contributed by atoms with van der Waals surface area (Å²) in [4.78, 5) is 30.4. The second-order valence-electron chi connectivity index (χ2n) is 4.28. The van der Waals surface area contributed by atoms with Crippen LogP contribution in [0.15, 0.2) is 12.4 Å². The summed E-state index contributed by atoms with van der Waals surface area (Å²) in [6, 6.07) is 0. The molecule has 0 fully saturated rings. The summed E-state index contributed by atoms with van der Waals surface area (Å²) in [6.45, 7) is 0.696. The Kier molecular flexibility index (Phi) is 6.29. The van der Waals surface area contributed by atoms with Crippen molar-refractivity contribution in [1.82, 2.24) is 9.97 Å². The van der Waals surface area contributed by atoms with E-state index >= 15 is 0 Å². The molecule has 0 aliphatic heterocycles. The van der Waals surface area contributed by atoms with Crippen LogP contribution in [0.2, 0.25) is 0 Å². The molecule has 0 saturated heterocycles. The Morgan fingerprint density at radius 2 is 2.05 bits per heavy atom. The quantitative estimate of drug-likeness (QED) is 0.258. The molecule has 0 aliphatic carbocycles. The molecule has 6 N–H and O–H groups in total. The minimum absolute atomic E-state index is 0.0110. The van der Waals surface area contributed by atoms with E-state index in [0.717, 1.165) is 0 Å². The minimum Gasteiger partial charge on any atom is -0.479 e. The average molecular weight is 284 g/mol. The summed E-state index contributed by atoms with van der Waals surface area (Å²) in [5.41, 5.74) is 8.79. The van der Waals surface area contributed by atoms with Crippen molar-refractivity contribution in [2.75, 3.05) is 19.7 Å². The summed E-state index contributed by atoms with van der Waals surface area (Å²) in [5.74, 6) is -2.10. The summed E-state index contributed by atoms with van der Waals surface area (Å²) >= 11 is 0. The topological polar surface area (TPSA) is 144 Å². The van der Waals surface area contributed by atoms with Crippen molar-refractivity contribution < 1.29 is 19.4 Å². The van der Waals surface area contributed by atoms with Gasteiger partial charge in [0.25, 0.3) is 0 Å². The van der Waals surface area contributed by atoms with Crippen LogP contribution in [0.3, 0.4) is 0 Å². The second-order valence-corrected chi connectivity index (χ2v) is 4.28. The molecule has 0 amide bonds. The SMILES string of the molecule is NCCCOC(CCCN)(C(=O)O)C(=O)c1ncc[nH]1. The van der Waals surface area contributed by atoms with Crippen LogP contribution >= 0.6 is 0 Å². The number of nitrogens with two attached hydrogens (primary N) is 2. The van der Waals surface area contributed by atoms with Crippen molar-refractivity contribution in [2.45, 2.75) is 24.9 Å². The first kappa shape index (κ1) is 16.3. The Hall–Kier alpha value is -1.77. The number of ether oxygens (including phenoxy) is 1. The number of aromatic amines is 1. The van der Waals surface area contributed by atoms with Crippen molar-refractivity contribution in [3.05, 3.63) is 18.2 Å². The molecule has 1 rings (SSSR count). The van der Waals surface area contributed by atoms with Crippen molar-refractivity contribution in [2.24, 2.45) is 11.5 Å². The fraction of sp³-hybridized carbons (Fsp3) is 0.583. The van der Waals surface area contributed by atoms with Crippen molar-refractivity contribution in [1.29, 1.82) is 0 Å². The lowest BCUT2D eigenvalue weighted by Crippen LogP contribution is -2.50. The number of carbonyl (C=O) groups excluding carboxylic acids is 1. The van der Waals surface area contributed by atoms with E-state index in [0.29, 0.717) is 19.4 Å². The van der Waals surface area contributed by atoms with Crippen molar-refractivity contribution in [3.8, 4) is 0 Å². The van der Waals surface area contributed by atoms with E-state index in [1.165, 1.54) is 12.4 Å². The highest BCUT2D eigenvalue weighted by Gasteiger charge is 2.48. The van der Waals surface area contributed by atoms with Gasteiger partial charge < -0.3 is 26.3 Å². The Morgan fingerprint density at radius 3 is 2.55 bits per heavy atom. The van der Waals surface area contributed by atoms with Crippen molar-refractivity contribution >= 4 is 11.8 Å². The molecule has 112 valence electrons. The number of aromatic nitrogens is 2. The fourth-order valence-electron chi connectivity index (χ4n) is 1.78. The van der Waals surface area contributed by atoms with Crippen LogP contribution in [0.4, 0.5) is 0 Å². The first-order chi connectivity index (χ1) is 9.58. The molecule has 1 unspecified atom stereocenters. The largest absolute Gasteiger partial charge is 0.479 e. The van der Waals surface area contributed by atoms with E-state index < -0.39 is 17.4 Å². The third kappa shape index (κ3) is 3.62. The molecule has 0 aromatic carbocycles. The zero-order chi connectivity index (χ0) is 15.0. The van der Waals surface area contributed by atoms with Crippen LogP contribution in [0.5, 0.6) is 0 Å². The lowest BCUT2D eigenvalue weighted by molar-refractivity contribution is -0.160. The number of carbonyl (C=O) groups is 2. The number of aliphatic carboxylic acids is 1. The number of nitrogens with one attached hydrogen (secondary N) is 1. The number of carboxylic acids is 1. The van der Waals surface area contributed by atoms with Crippen LogP contribution in [-0.4, -0.2) is 52.1 Å². The maximum atomic E-state index is 12.4. The molecule has 8 heteroatoms. The fourth-order valence-corrected chi connectivity index (χ4v) is 1.78. The van der Waals surface area contributed by atoms with E-state index in [4.69, 9.17) is 16.2 Å². The van der Waals surface area contributed by atoms with Crippen LogP contribution in [-0.2, 0) is 9.53 Å². The highest BCUT2D eigenvalue weighted by Crippen LogP contribution is 2.23. The normalized spacial score (nSPS) is 13.9. The van der Waals surface area contributed by atoms with Gasteiger partial charge in [-0.1, -0.05) is 0 Å². The molecule has 1 heterocycles. The number of ketones is 1. The number of nitrogens with zero attached hydrogens (tertiary/aromatic N) is 1. The van der Waals surface area contributed by atoms with Crippen molar-refractivity contribution in [3.63, 3.8) is 0 Å². The number of rotatable bonds is 10. The molecule has 8 nitrogen and oxygen atoms in total. The lowest BCUT2D eigenvalue weighted by Gasteiger charge is -2.27. The average Bonchev–Trinajstić information content (AvgIpc) is 2.95.